The highest BCUT2D eigenvalue weighted by Gasteiger charge is 2.52. The van der Waals surface area contributed by atoms with Crippen molar-refractivity contribution in [2.24, 2.45) is 0 Å². The van der Waals surface area contributed by atoms with Crippen molar-refractivity contribution < 1.29 is 18.9 Å². The van der Waals surface area contributed by atoms with E-state index < -0.39 is 18.3 Å². The van der Waals surface area contributed by atoms with Gasteiger partial charge in [0.2, 0.25) is 11.8 Å². The Morgan fingerprint density at radius 2 is 1.43 bits per heavy atom. The summed E-state index contributed by atoms with van der Waals surface area (Å²) >= 11 is 12.7. The summed E-state index contributed by atoms with van der Waals surface area (Å²) in [6.45, 7) is 8.00. The highest BCUT2D eigenvalue weighted by Crippen LogP contribution is 2.38. The first-order valence-electron chi connectivity index (χ1n) is 13.4. The molecule has 0 aliphatic carbocycles. The largest absolute Gasteiger partial charge is 0.496 e. The molecular weight excluding hydrogens is 548 g/mol. The minimum atomic E-state index is -0.522. The summed E-state index contributed by atoms with van der Waals surface area (Å²) in [6.07, 6.45) is 6.80. The number of rotatable bonds is 3. The molecule has 40 heavy (non-hydrogen) atoms. The minimum Gasteiger partial charge on any atom is -0.399 e. The van der Waals surface area contributed by atoms with E-state index in [1.807, 2.05) is 70.3 Å². The summed E-state index contributed by atoms with van der Waals surface area (Å²) in [5.41, 5.74) is 5.90. The summed E-state index contributed by atoms with van der Waals surface area (Å²) in [4.78, 5) is 27.1. The van der Waals surface area contributed by atoms with Crippen LogP contribution in [-0.2, 0) is 38.2 Å². The number of halogens is 2. The number of hydrogen-bond acceptors (Lipinski definition) is 5. The van der Waals surface area contributed by atoms with Crippen molar-refractivity contribution in [1.29, 1.82) is 0 Å². The van der Waals surface area contributed by atoms with Gasteiger partial charge in [-0.05, 0) is 93.1 Å². The molecule has 2 aromatic carbocycles. The highest BCUT2D eigenvalue weighted by atomic mass is 35.5. The zero-order valence-corrected chi connectivity index (χ0v) is 24.6. The topological polar surface area (TPSA) is 89.5 Å². The van der Waals surface area contributed by atoms with Crippen molar-refractivity contribution in [3.8, 4) is 0 Å². The molecule has 0 saturated carbocycles. The van der Waals surface area contributed by atoms with E-state index >= 15 is 0 Å². The van der Waals surface area contributed by atoms with E-state index in [4.69, 9.17) is 32.5 Å². The lowest BCUT2D eigenvalue weighted by molar-refractivity contribution is -0.117. The second-order valence-electron chi connectivity index (χ2n) is 11.4. The Hall–Kier alpha value is -2.91. The Labute approximate surface area is 245 Å². The Morgan fingerprint density at radius 1 is 0.850 bits per heavy atom. The maximum atomic E-state index is 11.5. The number of nitrogens with zero attached hydrogens (tertiary/aromatic N) is 1. The third-order valence-electron chi connectivity index (χ3n) is 7.91. The van der Waals surface area contributed by atoms with E-state index in [0.29, 0.717) is 24.3 Å². The quantitative estimate of drug-likeness (QED) is 0.387. The summed E-state index contributed by atoms with van der Waals surface area (Å²) in [5, 5.41) is 7.15. The number of aryl methyl sites for hydroxylation is 2. The van der Waals surface area contributed by atoms with E-state index in [2.05, 4.69) is 15.6 Å². The Balaban J connectivity index is 0.000000162. The number of hydrogen-bond donors (Lipinski definition) is 2. The molecule has 208 valence electrons. The lowest BCUT2D eigenvalue weighted by Gasteiger charge is -2.32. The Morgan fingerprint density at radius 3 is 2.00 bits per heavy atom. The summed E-state index contributed by atoms with van der Waals surface area (Å²) < 4.78 is 12.1. The van der Waals surface area contributed by atoms with Crippen LogP contribution in [0.1, 0.15) is 62.8 Å². The summed E-state index contributed by atoms with van der Waals surface area (Å²) in [6, 6.07) is 11.6. The van der Waals surface area contributed by atoms with Gasteiger partial charge in [-0.15, -0.1) is 0 Å². The molecule has 4 heterocycles. The predicted octanol–water partition coefficient (Wildman–Crippen LogP) is 5.73. The molecule has 10 heteroatoms. The standard InChI is InChI=1S/C15H19BClNO3.C15H13ClN2O/c1-14(2)15(3,4)21-16(20-14)10-8-12-9(7-11(10)17)5-6-13(19)18-12;16-13-7-11-3-4-15(19)18-14(11)8-12(13)6-10-2-1-5-17-9-10/h7-8H,5-6H2,1-4H3,(H,18,19);1-2,5,7-9H,3-4,6H2,(H,18,19). The molecule has 0 bridgehead atoms. The molecule has 3 aliphatic heterocycles. The van der Waals surface area contributed by atoms with Crippen LogP contribution in [0.15, 0.2) is 48.8 Å². The van der Waals surface area contributed by atoms with Crippen LogP contribution in [0.5, 0.6) is 0 Å². The molecule has 3 aliphatic rings. The first kappa shape index (κ1) is 28.6. The Kier molecular flexibility index (Phi) is 7.99. The fourth-order valence-corrected chi connectivity index (χ4v) is 5.40. The van der Waals surface area contributed by atoms with Crippen LogP contribution in [0.3, 0.4) is 0 Å². The third kappa shape index (κ3) is 6.05. The lowest BCUT2D eigenvalue weighted by atomic mass is 9.77. The monoisotopic (exact) mass is 579 g/mol. The first-order chi connectivity index (χ1) is 18.9. The van der Waals surface area contributed by atoms with Gasteiger partial charge in [-0.25, -0.2) is 0 Å². The second kappa shape index (κ2) is 11.2. The summed E-state index contributed by atoms with van der Waals surface area (Å²) in [7, 11) is -0.522. The van der Waals surface area contributed by atoms with Gasteiger partial charge in [-0.2, -0.15) is 0 Å². The molecule has 2 amide bonds. The number of amides is 2. The normalized spacial score (nSPS) is 18.6. The number of carbonyl (C=O) groups excluding carboxylic acids is 2. The van der Waals surface area contributed by atoms with Gasteiger partial charge in [0, 0.05) is 58.5 Å². The van der Waals surface area contributed by atoms with Crippen LogP contribution in [0, 0.1) is 0 Å². The van der Waals surface area contributed by atoms with Crippen LogP contribution in [0.25, 0.3) is 0 Å². The highest BCUT2D eigenvalue weighted by molar-refractivity contribution is 6.65. The van der Waals surface area contributed by atoms with Gasteiger partial charge in [0.25, 0.3) is 0 Å². The molecule has 0 radical (unpaired) electrons. The van der Waals surface area contributed by atoms with Crippen LogP contribution in [-0.4, -0.2) is 35.1 Å². The van der Waals surface area contributed by atoms with Gasteiger partial charge >= 0.3 is 7.12 Å². The van der Waals surface area contributed by atoms with E-state index in [9.17, 15) is 9.59 Å². The number of fused-ring (bicyclic) bond motifs is 2. The SMILES string of the molecule is CC1(C)OB(c2cc3c(cc2Cl)CCC(=O)N3)OC1(C)C.O=C1CCc2cc(Cl)c(Cc3cccnc3)cc2N1. The van der Waals surface area contributed by atoms with Gasteiger partial charge in [-0.1, -0.05) is 29.3 Å². The molecule has 0 spiro atoms. The van der Waals surface area contributed by atoms with Gasteiger partial charge < -0.3 is 19.9 Å². The van der Waals surface area contributed by atoms with E-state index in [1.54, 1.807) is 6.20 Å². The van der Waals surface area contributed by atoms with Crippen molar-refractivity contribution in [3.05, 3.63) is 81.1 Å². The predicted molar refractivity (Wildman–Crippen MR) is 160 cm³/mol. The van der Waals surface area contributed by atoms with Crippen molar-refractivity contribution >= 4 is 59.0 Å². The average Bonchev–Trinajstić information content (AvgIpc) is 3.12. The number of pyridine rings is 1. The maximum Gasteiger partial charge on any atom is 0.496 e. The zero-order valence-electron chi connectivity index (χ0n) is 23.1. The fraction of sp³-hybridized carbons (Fsp3) is 0.367. The van der Waals surface area contributed by atoms with Crippen molar-refractivity contribution in [2.75, 3.05) is 10.6 Å². The molecule has 1 fully saturated rings. The molecule has 3 aromatic rings. The first-order valence-corrected chi connectivity index (χ1v) is 14.2. The van der Waals surface area contributed by atoms with E-state index in [1.165, 1.54) is 0 Å². The summed E-state index contributed by atoms with van der Waals surface area (Å²) in [5.74, 6) is 0.104. The van der Waals surface area contributed by atoms with Crippen LogP contribution in [0.4, 0.5) is 11.4 Å². The lowest BCUT2D eigenvalue weighted by Crippen LogP contribution is -2.41. The van der Waals surface area contributed by atoms with Crippen LogP contribution >= 0.6 is 23.2 Å². The van der Waals surface area contributed by atoms with Crippen molar-refractivity contribution in [3.63, 3.8) is 0 Å². The number of aromatic nitrogens is 1. The van der Waals surface area contributed by atoms with Gasteiger partial charge in [0.15, 0.2) is 0 Å². The zero-order chi connectivity index (χ0) is 28.7. The van der Waals surface area contributed by atoms with Crippen molar-refractivity contribution in [2.45, 2.75) is 71.0 Å². The molecular formula is C30H32BCl2N3O4. The third-order valence-corrected chi connectivity index (χ3v) is 8.59. The molecule has 0 atom stereocenters. The average molecular weight is 580 g/mol. The maximum absolute atomic E-state index is 11.5. The molecule has 0 unspecified atom stereocenters. The number of benzene rings is 2. The molecule has 1 aromatic heterocycles. The van der Waals surface area contributed by atoms with Gasteiger partial charge in [0.1, 0.15) is 0 Å². The minimum absolute atomic E-state index is 0.0321. The molecule has 6 rings (SSSR count). The second-order valence-corrected chi connectivity index (χ2v) is 12.2. The fourth-order valence-electron chi connectivity index (χ4n) is 4.87. The smallest absolute Gasteiger partial charge is 0.399 e. The number of anilines is 2. The molecule has 2 N–H and O–H groups in total. The van der Waals surface area contributed by atoms with Gasteiger partial charge in [-0.3, -0.25) is 14.6 Å². The van der Waals surface area contributed by atoms with E-state index in [-0.39, 0.29) is 11.8 Å². The number of carbonyl (C=O) groups is 2. The van der Waals surface area contributed by atoms with Gasteiger partial charge in [0.05, 0.1) is 11.2 Å². The van der Waals surface area contributed by atoms with Crippen molar-refractivity contribution in [1.82, 2.24) is 4.98 Å². The molecule has 7 nitrogen and oxygen atoms in total. The van der Waals surface area contributed by atoms with Crippen LogP contribution < -0.4 is 16.1 Å². The van der Waals surface area contributed by atoms with E-state index in [0.717, 1.165) is 57.0 Å². The molecule has 1 saturated heterocycles. The van der Waals surface area contributed by atoms with Crippen LogP contribution in [0.2, 0.25) is 10.0 Å². The Bertz CT molecular complexity index is 1450. The number of nitrogens with one attached hydrogen (secondary N) is 2.